The summed E-state index contributed by atoms with van der Waals surface area (Å²) in [5.74, 6) is 0.786. The standard InChI is InChI=1S/C16H22N2O3/c1-16(20-2)8-5-9-18(11-16)15(19)14-10-17-12-6-3-4-7-13(12)21-14/h3-4,6-7,14,17H,5,8-11H2,1-2H3. The first-order valence-electron chi connectivity index (χ1n) is 7.45. The highest BCUT2D eigenvalue weighted by Gasteiger charge is 2.37. The van der Waals surface area contributed by atoms with Gasteiger partial charge in [-0.05, 0) is 31.9 Å². The number of likely N-dealkylation sites (tertiary alicyclic amines) is 1. The summed E-state index contributed by atoms with van der Waals surface area (Å²) in [6, 6.07) is 7.71. The second-order valence-electron chi connectivity index (χ2n) is 6.00. The molecule has 0 radical (unpaired) electrons. The Bertz CT molecular complexity index is 534. The van der Waals surface area contributed by atoms with Crippen molar-refractivity contribution in [2.45, 2.75) is 31.5 Å². The van der Waals surface area contributed by atoms with Gasteiger partial charge in [0.1, 0.15) is 5.75 Å². The van der Waals surface area contributed by atoms with E-state index in [0.717, 1.165) is 30.8 Å². The highest BCUT2D eigenvalue weighted by molar-refractivity contribution is 5.83. The van der Waals surface area contributed by atoms with Crippen molar-refractivity contribution in [2.75, 3.05) is 32.1 Å². The Labute approximate surface area is 125 Å². The Balaban J connectivity index is 1.69. The number of amides is 1. The molecule has 2 heterocycles. The van der Waals surface area contributed by atoms with Crippen LogP contribution in [-0.4, -0.2) is 49.3 Å². The predicted octanol–water partition coefficient (Wildman–Crippen LogP) is 1.89. The summed E-state index contributed by atoms with van der Waals surface area (Å²) in [7, 11) is 1.71. The maximum Gasteiger partial charge on any atom is 0.265 e. The smallest absolute Gasteiger partial charge is 0.265 e. The molecule has 0 saturated carbocycles. The van der Waals surface area contributed by atoms with Crippen molar-refractivity contribution >= 4 is 11.6 Å². The number of fused-ring (bicyclic) bond motifs is 1. The first-order chi connectivity index (χ1) is 10.1. The molecule has 2 atom stereocenters. The van der Waals surface area contributed by atoms with Crippen molar-refractivity contribution in [3.8, 4) is 5.75 Å². The fraction of sp³-hybridized carbons (Fsp3) is 0.562. The summed E-state index contributed by atoms with van der Waals surface area (Å²) in [5, 5.41) is 3.26. The molecule has 5 heteroatoms. The Hall–Kier alpha value is -1.75. The van der Waals surface area contributed by atoms with Gasteiger partial charge >= 0.3 is 0 Å². The molecule has 2 aliphatic heterocycles. The zero-order valence-electron chi connectivity index (χ0n) is 12.6. The second kappa shape index (κ2) is 5.56. The quantitative estimate of drug-likeness (QED) is 0.903. The van der Waals surface area contributed by atoms with Gasteiger partial charge in [-0.3, -0.25) is 4.79 Å². The average molecular weight is 290 g/mol. The number of nitrogens with one attached hydrogen (secondary N) is 1. The Morgan fingerprint density at radius 3 is 3.10 bits per heavy atom. The van der Waals surface area contributed by atoms with E-state index >= 15 is 0 Å². The third kappa shape index (κ3) is 2.83. The van der Waals surface area contributed by atoms with E-state index in [-0.39, 0.29) is 11.5 Å². The number of carbonyl (C=O) groups is 1. The van der Waals surface area contributed by atoms with Crippen LogP contribution >= 0.6 is 0 Å². The van der Waals surface area contributed by atoms with Crippen LogP contribution in [-0.2, 0) is 9.53 Å². The summed E-state index contributed by atoms with van der Waals surface area (Å²) in [4.78, 5) is 14.5. The first kappa shape index (κ1) is 14.2. The summed E-state index contributed by atoms with van der Waals surface area (Å²) in [5.41, 5.74) is 0.704. The van der Waals surface area contributed by atoms with Crippen LogP contribution in [0, 0.1) is 0 Å². The van der Waals surface area contributed by atoms with E-state index in [2.05, 4.69) is 12.2 Å². The zero-order chi connectivity index (χ0) is 14.9. The lowest BCUT2D eigenvalue weighted by atomic mass is 9.94. The largest absolute Gasteiger partial charge is 0.477 e. The number of hydrogen-bond acceptors (Lipinski definition) is 4. The fourth-order valence-electron chi connectivity index (χ4n) is 3.01. The van der Waals surface area contributed by atoms with Crippen LogP contribution in [0.25, 0.3) is 0 Å². The zero-order valence-corrected chi connectivity index (χ0v) is 12.6. The molecular formula is C16H22N2O3. The monoisotopic (exact) mass is 290 g/mol. The third-order valence-electron chi connectivity index (χ3n) is 4.37. The highest BCUT2D eigenvalue weighted by Crippen LogP contribution is 2.30. The molecule has 21 heavy (non-hydrogen) atoms. The Morgan fingerprint density at radius 2 is 2.29 bits per heavy atom. The van der Waals surface area contributed by atoms with Crippen molar-refractivity contribution in [3.05, 3.63) is 24.3 Å². The topological polar surface area (TPSA) is 50.8 Å². The van der Waals surface area contributed by atoms with Gasteiger partial charge in [-0.1, -0.05) is 12.1 Å². The van der Waals surface area contributed by atoms with E-state index in [1.807, 2.05) is 29.2 Å². The number of carbonyl (C=O) groups excluding carboxylic acids is 1. The molecule has 0 spiro atoms. The van der Waals surface area contributed by atoms with Crippen LogP contribution in [0.4, 0.5) is 5.69 Å². The molecule has 0 aliphatic carbocycles. The molecule has 0 aromatic heterocycles. The van der Waals surface area contributed by atoms with Crippen LogP contribution in [0.2, 0.25) is 0 Å². The molecule has 3 rings (SSSR count). The maximum atomic E-state index is 12.7. The SMILES string of the molecule is COC1(C)CCCN(C(=O)C2CNc3ccccc3O2)C1. The predicted molar refractivity (Wildman–Crippen MR) is 80.6 cm³/mol. The minimum Gasteiger partial charge on any atom is -0.477 e. The third-order valence-corrected chi connectivity index (χ3v) is 4.37. The van der Waals surface area contributed by atoms with Gasteiger partial charge < -0.3 is 19.7 Å². The van der Waals surface area contributed by atoms with E-state index in [1.54, 1.807) is 7.11 Å². The second-order valence-corrected chi connectivity index (χ2v) is 6.00. The van der Waals surface area contributed by atoms with E-state index in [4.69, 9.17) is 9.47 Å². The number of ether oxygens (including phenoxy) is 2. The van der Waals surface area contributed by atoms with E-state index in [9.17, 15) is 4.79 Å². The molecule has 5 nitrogen and oxygen atoms in total. The summed E-state index contributed by atoms with van der Waals surface area (Å²) in [6.45, 7) is 3.97. The van der Waals surface area contributed by atoms with E-state index in [0.29, 0.717) is 13.1 Å². The normalized spacial score (nSPS) is 28.3. The molecular weight excluding hydrogens is 268 g/mol. The Morgan fingerprint density at radius 1 is 1.48 bits per heavy atom. The van der Waals surface area contributed by atoms with Crippen molar-refractivity contribution in [2.24, 2.45) is 0 Å². The van der Waals surface area contributed by atoms with E-state index < -0.39 is 6.10 Å². The number of anilines is 1. The van der Waals surface area contributed by atoms with Crippen LogP contribution in [0.3, 0.4) is 0 Å². The molecule has 1 aromatic rings. The lowest BCUT2D eigenvalue weighted by Crippen LogP contribution is -2.54. The van der Waals surface area contributed by atoms with Crippen molar-refractivity contribution < 1.29 is 14.3 Å². The molecule has 2 unspecified atom stereocenters. The summed E-state index contributed by atoms with van der Waals surface area (Å²) >= 11 is 0. The van der Waals surface area contributed by atoms with Crippen LogP contribution in [0.1, 0.15) is 19.8 Å². The van der Waals surface area contributed by atoms with Crippen molar-refractivity contribution in [1.82, 2.24) is 4.90 Å². The lowest BCUT2D eigenvalue weighted by Gasteiger charge is -2.41. The van der Waals surface area contributed by atoms with Crippen LogP contribution in [0.15, 0.2) is 24.3 Å². The van der Waals surface area contributed by atoms with Gasteiger partial charge in [0, 0.05) is 20.2 Å². The van der Waals surface area contributed by atoms with Gasteiger partial charge in [-0.15, -0.1) is 0 Å². The summed E-state index contributed by atoms with van der Waals surface area (Å²) < 4.78 is 11.4. The lowest BCUT2D eigenvalue weighted by molar-refractivity contribution is -0.146. The summed E-state index contributed by atoms with van der Waals surface area (Å²) in [6.07, 6.45) is 1.49. The molecule has 1 N–H and O–H groups in total. The molecule has 1 aromatic carbocycles. The number of benzene rings is 1. The molecule has 1 saturated heterocycles. The van der Waals surface area contributed by atoms with Crippen LogP contribution in [0.5, 0.6) is 5.75 Å². The van der Waals surface area contributed by atoms with Gasteiger partial charge in [0.05, 0.1) is 17.8 Å². The van der Waals surface area contributed by atoms with Gasteiger partial charge in [0.2, 0.25) is 0 Å². The van der Waals surface area contributed by atoms with Crippen molar-refractivity contribution in [1.29, 1.82) is 0 Å². The van der Waals surface area contributed by atoms with Crippen molar-refractivity contribution in [3.63, 3.8) is 0 Å². The average Bonchev–Trinajstić information content (AvgIpc) is 2.54. The van der Waals surface area contributed by atoms with Crippen LogP contribution < -0.4 is 10.1 Å². The first-order valence-corrected chi connectivity index (χ1v) is 7.45. The Kier molecular flexibility index (Phi) is 3.76. The number of rotatable bonds is 2. The van der Waals surface area contributed by atoms with Gasteiger partial charge in [0.25, 0.3) is 5.91 Å². The molecule has 1 amide bonds. The number of hydrogen-bond donors (Lipinski definition) is 1. The number of nitrogens with zero attached hydrogens (tertiary/aromatic N) is 1. The van der Waals surface area contributed by atoms with E-state index in [1.165, 1.54) is 0 Å². The minimum atomic E-state index is -0.459. The van der Waals surface area contributed by atoms with Gasteiger partial charge in [-0.2, -0.15) is 0 Å². The fourth-order valence-corrected chi connectivity index (χ4v) is 3.01. The number of methoxy groups -OCH3 is 1. The van der Waals surface area contributed by atoms with Gasteiger partial charge in [-0.25, -0.2) is 0 Å². The molecule has 2 aliphatic rings. The highest BCUT2D eigenvalue weighted by atomic mass is 16.5. The maximum absolute atomic E-state index is 12.7. The number of piperidine rings is 1. The molecule has 1 fully saturated rings. The minimum absolute atomic E-state index is 0.0416. The molecule has 114 valence electrons. The molecule has 0 bridgehead atoms. The number of para-hydroxylation sites is 2. The van der Waals surface area contributed by atoms with Gasteiger partial charge in [0.15, 0.2) is 6.10 Å².